The summed E-state index contributed by atoms with van der Waals surface area (Å²) in [6.45, 7) is 8.20. The highest BCUT2D eigenvalue weighted by Crippen LogP contribution is 2.29. The molecule has 2 nitrogen and oxygen atoms in total. The highest BCUT2D eigenvalue weighted by atomic mass is 79.9. The predicted molar refractivity (Wildman–Crippen MR) is 73.2 cm³/mol. The quantitative estimate of drug-likeness (QED) is 0.791. The Labute approximate surface area is 110 Å². The molecule has 0 aliphatic rings. The summed E-state index contributed by atoms with van der Waals surface area (Å²) < 4.78 is 6.77. The van der Waals surface area contributed by atoms with Crippen LogP contribution in [0.2, 0.25) is 0 Å². The Morgan fingerprint density at radius 2 is 1.94 bits per heavy atom. The average Bonchev–Trinajstić information content (AvgIpc) is 2.65. The average molecular weight is 294 g/mol. The van der Waals surface area contributed by atoms with Crippen molar-refractivity contribution in [3.05, 3.63) is 39.9 Å². The minimum Gasteiger partial charge on any atom is -0.445 e. The summed E-state index contributed by atoms with van der Waals surface area (Å²) in [4.78, 5) is 4.56. The van der Waals surface area contributed by atoms with Crippen molar-refractivity contribution in [2.45, 2.75) is 33.6 Å². The van der Waals surface area contributed by atoms with Crippen molar-refractivity contribution in [1.82, 2.24) is 4.98 Å². The van der Waals surface area contributed by atoms with Gasteiger partial charge in [0.1, 0.15) is 11.5 Å². The fourth-order valence-electron chi connectivity index (χ4n) is 1.67. The number of hydrogen-bond donors (Lipinski definition) is 0. The molecule has 0 aliphatic carbocycles. The molecule has 1 aromatic heterocycles. The van der Waals surface area contributed by atoms with Gasteiger partial charge in [-0.25, -0.2) is 4.98 Å². The molecular formula is C14H16BrNO. The van der Waals surface area contributed by atoms with Gasteiger partial charge in [-0.15, -0.1) is 0 Å². The zero-order valence-electron chi connectivity index (χ0n) is 10.5. The lowest BCUT2D eigenvalue weighted by molar-refractivity contribution is 0.450. The number of aromatic nitrogens is 1. The molecule has 3 heteroatoms. The molecule has 0 radical (unpaired) electrons. The van der Waals surface area contributed by atoms with E-state index in [-0.39, 0.29) is 0 Å². The molecular weight excluding hydrogens is 278 g/mol. The van der Waals surface area contributed by atoms with Crippen LogP contribution in [0, 0.1) is 13.8 Å². The van der Waals surface area contributed by atoms with E-state index < -0.39 is 0 Å². The van der Waals surface area contributed by atoms with Crippen LogP contribution in [-0.4, -0.2) is 4.98 Å². The maximum atomic E-state index is 5.67. The number of halogens is 1. The molecule has 2 aromatic rings. The number of nitrogens with zero attached hydrogens (tertiary/aromatic N) is 1. The van der Waals surface area contributed by atoms with Crippen molar-refractivity contribution in [1.29, 1.82) is 0 Å². The van der Waals surface area contributed by atoms with Gasteiger partial charge in [0.2, 0.25) is 0 Å². The van der Waals surface area contributed by atoms with E-state index in [1.54, 1.807) is 0 Å². The van der Waals surface area contributed by atoms with Crippen LogP contribution in [0.15, 0.2) is 27.1 Å². The lowest BCUT2D eigenvalue weighted by atomic mass is 10.1. The van der Waals surface area contributed by atoms with E-state index >= 15 is 0 Å². The van der Waals surface area contributed by atoms with Crippen LogP contribution in [0.5, 0.6) is 0 Å². The lowest BCUT2D eigenvalue weighted by Crippen LogP contribution is -1.87. The third kappa shape index (κ3) is 2.44. The highest BCUT2D eigenvalue weighted by molar-refractivity contribution is 9.10. The molecule has 0 unspecified atom stereocenters. The third-order valence-electron chi connectivity index (χ3n) is 2.75. The zero-order valence-corrected chi connectivity index (χ0v) is 12.1. The standard InChI is InChI=1S/C14H16BrNO/c1-8(2)14-16-13(10(4)17-14)11-6-5-9(3)12(15)7-11/h5-8H,1-4H3. The number of oxazole rings is 1. The minimum atomic E-state index is 0.316. The second-order valence-electron chi connectivity index (χ2n) is 4.58. The monoisotopic (exact) mass is 293 g/mol. The molecule has 1 heterocycles. The molecule has 90 valence electrons. The van der Waals surface area contributed by atoms with Crippen molar-refractivity contribution in [2.75, 3.05) is 0 Å². The van der Waals surface area contributed by atoms with Gasteiger partial charge in [-0.1, -0.05) is 41.9 Å². The summed E-state index contributed by atoms with van der Waals surface area (Å²) in [5, 5.41) is 0. The van der Waals surface area contributed by atoms with Crippen LogP contribution in [0.1, 0.15) is 37.0 Å². The first-order valence-electron chi connectivity index (χ1n) is 5.73. The van der Waals surface area contributed by atoms with Gasteiger partial charge in [0.25, 0.3) is 0 Å². The van der Waals surface area contributed by atoms with Gasteiger partial charge in [-0.3, -0.25) is 0 Å². The minimum absolute atomic E-state index is 0.316. The molecule has 0 N–H and O–H groups in total. The van der Waals surface area contributed by atoms with Gasteiger partial charge in [0, 0.05) is 16.0 Å². The summed E-state index contributed by atoms with van der Waals surface area (Å²) in [5.74, 6) is 2.00. The Morgan fingerprint density at radius 3 is 2.47 bits per heavy atom. The number of benzene rings is 1. The molecule has 2 rings (SSSR count). The lowest BCUT2D eigenvalue weighted by Gasteiger charge is -2.01. The second-order valence-corrected chi connectivity index (χ2v) is 5.43. The molecule has 0 spiro atoms. The molecule has 1 aromatic carbocycles. The molecule has 0 atom stereocenters. The molecule has 0 amide bonds. The smallest absolute Gasteiger partial charge is 0.197 e. The van der Waals surface area contributed by atoms with Crippen molar-refractivity contribution in [3.8, 4) is 11.3 Å². The Morgan fingerprint density at radius 1 is 1.24 bits per heavy atom. The van der Waals surface area contributed by atoms with E-state index in [1.807, 2.05) is 6.92 Å². The summed E-state index contributed by atoms with van der Waals surface area (Å²) in [6.07, 6.45) is 0. The van der Waals surface area contributed by atoms with Gasteiger partial charge in [-0.05, 0) is 25.5 Å². The Balaban J connectivity index is 2.49. The van der Waals surface area contributed by atoms with Crippen molar-refractivity contribution in [2.24, 2.45) is 0 Å². The second kappa shape index (κ2) is 4.65. The van der Waals surface area contributed by atoms with Crippen molar-refractivity contribution >= 4 is 15.9 Å². The van der Waals surface area contributed by atoms with Crippen LogP contribution in [-0.2, 0) is 0 Å². The van der Waals surface area contributed by atoms with Gasteiger partial charge < -0.3 is 4.42 Å². The fraction of sp³-hybridized carbons (Fsp3) is 0.357. The van der Waals surface area contributed by atoms with Crippen LogP contribution < -0.4 is 0 Å². The van der Waals surface area contributed by atoms with Crippen LogP contribution in [0.4, 0.5) is 0 Å². The first kappa shape index (κ1) is 12.4. The van der Waals surface area contributed by atoms with Gasteiger partial charge in [-0.2, -0.15) is 0 Å². The van der Waals surface area contributed by atoms with E-state index in [0.29, 0.717) is 5.92 Å². The first-order chi connectivity index (χ1) is 7.99. The maximum absolute atomic E-state index is 5.67. The number of hydrogen-bond acceptors (Lipinski definition) is 2. The van der Waals surface area contributed by atoms with Crippen LogP contribution in [0.3, 0.4) is 0 Å². The largest absolute Gasteiger partial charge is 0.445 e. The normalized spacial score (nSPS) is 11.2. The molecule has 0 saturated carbocycles. The molecule has 0 aliphatic heterocycles. The molecule has 0 saturated heterocycles. The first-order valence-corrected chi connectivity index (χ1v) is 6.52. The SMILES string of the molecule is Cc1ccc(-c2nc(C(C)C)oc2C)cc1Br. The third-order valence-corrected chi connectivity index (χ3v) is 3.61. The Hall–Kier alpha value is -1.09. The number of rotatable bonds is 2. The summed E-state index contributed by atoms with van der Waals surface area (Å²) >= 11 is 3.55. The topological polar surface area (TPSA) is 26.0 Å². The summed E-state index contributed by atoms with van der Waals surface area (Å²) in [6, 6.07) is 6.25. The van der Waals surface area contributed by atoms with Gasteiger partial charge in [0.05, 0.1) is 0 Å². The van der Waals surface area contributed by atoms with E-state index in [2.05, 4.69) is 59.9 Å². The van der Waals surface area contributed by atoms with Gasteiger partial charge in [0.15, 0.2) is 5.89 Å². The number of aryl methyl sites for hydroxylation is 2. The van der Waals surface area contributed by atoms with Crippen LogP contribution in [0.25, 0.3) is 11.3 Å². The van der Waals surface area contributed by atoms with E-state index in [0.717, 1.165) is 27.4 Å². The van der Waals surface area contributed by atoms with Gasteiger partial charge >= 0.3 is 0 Å². The Bertz CT molecular complexity index is 543. The molecule has 17 heavy (non-hydrogen) atoms. The fourth-order valence-corrected chi connectivity index (χ4v) is 2.05. The van der Waals surface area contributed by atoms with Crippen molar-refractivity contribution in [3.63, 3.8) is 0 Å². The maximum Gasteiger partial charge on any atom is 0.197 e. The summed E-state index contributed by atoms with van der Waals surface area (Å²) in [7, 11) is 0. The van der Waals surface area contributed by atoms with E-state index in [4.69, 9.17) is 4.42 Å². The Kier molecular flexibility index (Phi) is 3.38. The van der Waals surface area contributed by atoms with Crippen molar-refractivity contribution < 1.29 is 4.42 Å². The predicted octanol–water partition coefficient (Wildman–Crippen LogP) is 4.84. The highest BCUT2D eigenvalue weighted by Gasteiger charge is 2.14. The molecule has 0 fully saturated rings. The van der Waals surface area contributed by atoms with E-state index in [9.17, 15) is 0 Å². The zero-order chi connectivity index (χ0) is 12.6. The van der Waals surface area contributed by atoms with Crippen LogP contribution >= 0.6 is 15.9 Å². The molecule has 0 bridgehead atoms. The summed E-state index contributed by atoms with van der Waals surface area (Å²) in [5.41, 5.74) is 3.25. The van der Waals surface area contributed by atoms with E-state index in [1.165, 1.54) is 5.56 Å².